The number of nitrogens with one attached hydrogen (secondary N) is 1. The van der Waals surface area contributed by atoms with Crippen LogP contribution in [0.25, 0.3) is 0 Å². The van der Waals surface area contributed by atoms with Crippen molar-refractivity contribution in [2.75, 3.05) is 21.3 Å². The predicted molar refractivity (Wildman–Crippen MR) is 100 cm³/mol. The summed E-state index contributed by atoms with van der Waals surface area (Å²) in [7, 11) is 4.64. The van der Waals surface area contributed by atoms with Crippen LogP contribution in [-0.4, -0.2) is 39.1 Å². The molecule has 0 fully saturated rings. The SMILES string of the molecule is COc1cc(C2=NO[C@@H](C(=O)NCc3ccccc3)C2)cc(OC)c1OC. The minimum atomic E-state index is -0.664. The van der Waals surface area contributed by atoms with Crippen molar-refractivity contribution in [2.24, 2.45) is 5.16 Å². The Hall–Kier alpha value is -3.22. The molecule has 2 aromatic carbocycles. The lowest BCUT2D eigenvalue weighted by Gasteiger charge is -2.14. The number of benzene rings is 2. The Kier molecular flexibility index (Phi) is 5.80. The largest absolute Gasteiger partial charge is 0.493 e. The molecule has 0 saturated heterocycles. The molecule has 7 nitrogen and oxygen atoms in total. The third-order valence-electron chi connectivity index (χ3n) is 4.27. The number of rotatable bonds is 7. The molecule has 1 aliphatic rings. The molecule has 1 aliphatic heterocycles. The third kappa shape index (κ3) is 4.13. The number of oxime groups is 1. The zero-order valence-electron chi connectivity index (χ0n) is 15.5. The van der Waals surface area contributed by atoms with Gasteiger partial charge in [-0.3, -0.25) is 4.79 Å². The van der Waals surface area contributed by atoms with Crippen LogP contribution in [0.1, 0.15) is 17.5 Å². The maximum Gasteiger partial charge on any atom is 0.264 e. The summed E-state index contributed by atoms with van der Waals surface area (Å²) in [6.07, 6.45) is -0.304. The third-order valence-corrected chi connectivity index (χ3v) is 4.27. The molecular formula is C20H22N2O5. The maximum atomic E-state index is 12.4. The average molecular weight is 370 g/mol. The number of amides is 1. The van der Waals surface area contributed by atoms with Crippen LogP contribution in [0.3, 0.4) is 0 Å². The van der Waals surface area contributed by atoms with E-state index in [0.29, 0.717) is 35.9 Å². The summed E-state index contributed by atoms with van der Waals surface area (Å²) in [4.78, 5) is 17.7. The Morgan fingerprint density at radius 3 is 2.37 bits per heavy atom. The monoisotopic (exact) mass is 370 g/mol. The Morgan fingerprint density at radius 2 is 1.78 bits per heavy atom. The first-order valence-electron chi connectivity index (χ1n) is 8.51. The van der Waals surface area contributed by atoms with Gasteiger partial charge in [0.15, 0.2) is 11.5 Å². The quantitative estimate of drug-likeness (QED) is 0.810. The lowest BCUT2D eigenvalue weighted by Crippen LogP contribution is -2.34. The van der Waals surface area contributed by atoms with E-state index in [0.717, 1.165) is 11.1 Å². The highest BCUT2D eigenvalue weighted by Crippen LogP contribution is 2.39. The molecule has 1 N–H and O–H groups in total. The van der Waals surface area contributed by atoms with Gasteiger partial charge in [0.1, 0.15) is 0 Å². The van der Waals surface area contributed by atoms with E-state index >= 15 is 0 Å². The number of ether oxygens (including phenoxy) is 3. The fraction of sp³-hybridized carbons (Fsp3) is 0.300. The van der Waals surface area contributed by atoms with Crippen molar-refractivity contribution >= 4 is 11.6 Å². The Balaban J connectivity index is 1.67. The molecule has 3 rings (SSSR count). The Bertz CT molecular complexity index is 811. The van der Waals surface area contributed by atoms with Gasteiger partial charge in [-0.1, -0.05) is 35.5 Å². The van der Waals surface area contributed by atoms with Crippen LogP contribution in [0.5, 0.6) is 17.2 Å². The molecule has 1 atom stereocenters. The topological polar surface area (TPSA) is 78.4 Å². The highest BCUT2D eigenvalue weighted by Gasteiger charge is 2.29. The van der Waals surface area contributed by atoms with Gasteiger partial charge in [-0.25, -0.2) is 0 Å². The fourth-order valence-electron chi connectivity index (χ4n) is 2.84. The molecule has 0 spiro atoms. The van der Waals surface area contributed by atoms with Crippen molar-refractivity contribution in [1.82, 2.24) is 5.32 Å². The maximum absolute atomic E-state index is 12.4. The normalized spacial score (nSPS) is 15.5. The molecule has 27 heavy (non-hydrogen) atoms. The van der Waals surface area contributed by atoms with Crippen LogP contribution in [0, 0.1) is 0 Å². The summed E-state index contributed by atoms with van der Waals surface area (Å²) in [6, 6.07) is 13.3. The van der Waals surface area contributed by atoms with E-state index in [2.05, 4.69) is 10.5 Å². The van der Waals surface area contributed by atoms with Crippen LogP contribution in [-0.2, 0) is 16.2 Å². The summed E-state index contributed by atoms with van der Waals surface area (Å²) in [5.74, 6) is 1.34. The molecule has 1 amide bonds. The van der Waals surface area contributed by atoms with Crippen LogP contribution in [0.15, 0.2) is 47.6 Å². The van der Waals surface area contributed by atoms with Crippen molar-refractivity contribution in [3.63, 3.8) is 0 Å². The van der Waals surface area contributed by atoms with E-state index in [1.165, 1.54) is 0 Å². The van der Waals surface area contributed by atoms with Gasteiger partial charge in [0.25, 0.3) is 5.91 Å². The van der Waals surface area contributed by atoms with Gasteiger partial charge >= 0.3 is 0 Å². The highest BCUT2D eigenvalue weighted by molar-refractivity contribution is 6.04. The summed E-state index contributed by atoms with van der Waals surface area (Å²) in [5, 5.41) is 6.94. The van der Waals surface area contributed by atoms with E-state index in [9.17, 15) is 4.79 Å². The Labute approximate surface area is 157 Å². The second-order valence-electron chi connectivity index (χ2n) is 5.95. The summed E-state index contributed by atoms with van der Waals surface area (Å²) in [5.41, 5.74) is 2.42. The van der Waals surface area contributed by atoms with Crippen molar-refractivity contribution in [3.8, 4) is 17.2 Å². The number of carbonyl (C=O) groups is 1. The molecular weight excluding hydrogens is 348 g/mol. The van der Waals surface area contributed by atoms with Gasteiger partial charge in [-0.05, 0) is 17.7 Å². The predicted octanol–water partition coefficient (Wildman–Crippen LogP) is 2.52. The number of hydrogen-bond acceptors (Lipinski definition) is 6. The lowest BCUT2D eigenvalue weighted by atomic mass is 10.0. The molecule has 7 heteroatoms. The fourth-order valence-corrected chi connectivity index (χ4v) is 2.84. The molecule has 1 heterocycles. The first-order chi connectivity index (χ1) is 13.2. The molecule has 2 aromatic rings. The van der Waals surface area contributed by atoms with Crippen molar-refractivity contribution in [1.29, 1.82) is 0 Å². The number of carbonyl (C=O) groups excluding carboxylic acids is 1. The minimum Gasteiger partial charge on any atom is -0.493 e. The molecule has 0 saturated carbocycles. The Morgan fingerprint density at radius 1 is 1.11 bits per heavy atom. The zero-order chi connectivity index (χ0) is 19.2. The van der Waals surface area contributed by atoms with Crippen molar-refractivity contribution < 1.29 is 23.8 Å². The molecule has 0 radical (unpaired) electrons. The number of hydrogen-bond donors (Lipinski definition) is 1. The van der Waals surface area contributed by atoms with Gasteiger partial charge in [0.2, 0.25) is 11.9 Å². The van der Waals surface area contributed by atoms with Crippen LogP contribution in [0.4, 0.5) is 0 Å². The first-order valence-corrected chi connectivity index (χ1v) is 8.51. The second kappa shape index (κ2) is 8.44. The van der Waals surface area contributed by atoms with Crippen LogP contribution >= 0.6 is 0 Å². The van der Waals surface area contributed by atoms with E-state index in [4.69, 9.17) is 19.0 Å². The van der Waals surface area contributed by atoms with Crippen molar-refractivity contribution in [3.05, 3.63) is 53.6 Å². The molecule has 0 aliphatic carbocycles. The smallest absolute Gasteiger partial charge is 0.264 e. The highest BCUT2D eigenvalue weighted by atomic mass is 16.6. The van der Waals surface area contributed by atoms with E-state index in [-0.39, 0.29) is 5.91 Å². The van der Waals surface area contributed by atoms with E-state index < -0.39 is 6.10 Å². The van der Waals surface area contributed by atoms with Crippen molar-refractivity contribution in [2.45, 2.75) is 19.1 Å². The molecule has 0 unspecified atom stereocenters. The zero-order valence-corrected chi connectivity index (χ0v) is 15.5. The summed E-state index contributed by atoms with van der Waals surface area (Å²) >= 11 is 0. The van der Waals surface area contributed by atoms with Gasteiger partial charge in [-0.2, -0.15) is 0 Å². The van der Waals surface area contributed by atoms with E-state index in [1.54, 1.807) is 33.5 Å². The minimum absolute atomic E-state index is 0.204. The van der Waals surface area contributed by atoms with Gasteiger partial charge in [0, 0.05) is 18.5 Å². The summed E-state index contributed by atoms with van der Waals surface area (Å²) in [6.45, 7) is 0.444. The van der Waals surface area contributed by atoms with Crippen LogP contribution in [0.2, 0.25) is 0 Å². The number of nitrogens with zero attached hydrogens (tertiary/aromatic N) is 1. The lowest BCUT2D eigenvalue weighted by molar-refractivity contribution is -0.131. The summed E-state index contributed by atoms with van der Waals surface area (Å²) < 4.78 is 16.0. The van der Waals surface area contributed by atoms with E-state index in [1.807, 2.05) is 30.3 Å². The standard InChI is InChI=1S/C20H22N2O5/c1-24-16-9-14(10-17(25-2)19(16)26-3)15-11-18(27-22-15)20(23)21-12-13-7-5-4-6-8-13/h4-10,18H,11-12H2,1-3H3,(H,21,23)/t18-/m1/s1. The second-order valence-corrected chi connectivity index (χ2v) is 5.95. The average Bonchev–Trinajstić information content (AvgIpc) is 3.22. The van der Waals surface area contributed by atoms with Crippen LogP contribution < -0.4 is 19.5 Å². The van der Waals surface area contributed by atoms with Gasteiger partial charge in [0.05, 0.1) is 27.0 Å². The molecule has 0 bridgehead atoms. The van der Waals surface area contributed by atoms with Gasteiger partial charge < -0.3 is 24.4 Å². The molecule has 0 aromatic heterocycles. The number of methoxy groups -OCH3 is 3. The van der Waals surface area contributed by atoms with Gasteiger partial charge in [-0.15, -0.1) is 0 Å². The molecule has 142 valence electrons. The first kappa shape index (κ1) is 18.6.